The van der Waals surface area contributed by atoms with Gasteiger partial charge in [-0.25, -0.2) is 4.39 Å². The normalized spacial score (nSPS) is 12.2. The maximum atomic E-state index is 13.5. The number of benzene rings is 1. The average molecular weight is 274 g/mol. The van der Waals surface area contributed by atoms with Crippen LogP contribution in [0.1, 0.15) is 24.2 Å². The van der Waals surface area contributed by atoms with E-state index in [9.17, 15) is 4.39 Å². The van der Waals surface area contributed by atoms with Crippen LogP contribution in [0.4, 0.5) is 4.39 Å². The predicted octanol–water partition coefficient (Wildman–Crippen LogP) is 3.44. The van der Waals surface area contributed by atoms with E-state index in [0.717, 1.165) is 0 Å². The maximum absolute atomic E-state index is 13.5. The second-order valence-electron chi connectivity index (χ2n) is 3.69. The smallest absolute Gasteiger partial charge is 0.215 e. The van der Waals surface area contributed by atoms with Gasteiger partial charge < -0.3 is 9.47 Å². The van der Waals surface area contributed by atoms with E-state index in [1.165, 1.54) is 6.07 Å². The van der Waals surface area contributed by atoms with Crippen molar-refractivity contribution in [3.8, 4) is 0 Å². The highest BCUT2D eigenvalue weighted by Crippen LogP contribution is 2.24. The number of nitrogens with one attached hydrogen (secondary N) is 1. The molecular formula is C13H17ClFNO2. The number of ether oxygens (including phenoxy) is 2. The number of rotatable bonds is 6. The molecule has 1 atom stereocenters. The first-order valence-corrected chi connectivity index (χ1v) is 6.29. The van der Waals surface area contributed by atoms with Gasteiger partial charge in [0.05, 0.1) is 13.2 Å². The van der Waals surface area contributed by atoms with Crippen LogP contribution in [0.25, 0.3) is 0 Å². The predicted molar refractivity (Wildman–Crippen MR) is 69.9 cm³/mol. The zero-order valence-electron chi connectivity index (χ0n) is 10.5. The maximum Gasteiger partial charge on any atom is 0.215 e. The molecule has 0 aliphatic rings. The first-order valence-electron chi connectivity index (χ1n) is 5.75. The second-order valence-corrected chi connectivity index (χ2v) is 4.07. The zero-order valence-corrected chi connectivity index (χ0v) is 11.3. The van der Waals surface area contributed by atoms with Gasteiger partial charge in [0.25, 0.3) is 0 Å². The van der Waals surface area contributed by atoms with E-state index in [0.29, 0.717) is 23.6 Å². The van der Waals surface area contributed by atoms with Gasteiger partial charge in [0, 0.05) is 5.88 Å². The van der Waals surface area contributed by atoms with Gasteiger partial charge in [0.15, 0.2) is 6.10 Å². The Labute approximate surface area is 111 Å². The summed E-state index contributed by atoms with van der Waals surface area (Å²) in [5.41, 5.74) is 1.06. The molecule has 1 unspecified atom stereocenters. The van der Waals surface area contributed by atoms with Crippen LogP contribution in [0.15, 0.2) is 18.2 Å². The molecule has 1 aromatic rings. The fourth-order valence-electron chi connectivity index (χ4n) is 1.61. The summed E-state index contributed by atoms with van der Waals surface area (Å²) in [5, 5.41) is 7.82. The van der Waals surface area contributed by atoms with E-state index in [1.807, 2.05) is 0 Å². The monoisotopic (exact) mass is 273 g/mol. The Morgan fingerprint density at radius 2 is 2.22 bits per heavy atom. The van der Waals surface area contributed by atoms with Crippen molar-refractivity contribution in [3.63, 3.8) is 0 Å². The summed E-state index contributed by atoms with van der Waals surface area (Å²) in [6.07, 6.45) is -0.709. The summed E-state index contributed by atoms with van der Waals surface area (Å²) in [7, 11) is 0. The molecule has 0 saturated heterocycles. The first-order chi connectivity index (χ1) is 8.61. The molecule has 0 amide bonds. The molecule has 0 heterocycles. The van der Waals surface area contributed by atoms with Crippen molar-refractivity contribution in [2.45, 2.75) is 20.0 Å². The molecule has 0 fully saturated rings. The van der Waals surface area contributed by atoms with Crippen LogP contribution in [0.3, 0.4) is 0 Å². The van der Waals surface area contributed by atoms with Crippen molar-refractivity contribution in [1.82, 2.24) is 0 Å². The topological polar surface area (TPSA) is 42.3 Å². The van der Waals surface area contributed by atoms with Gasteiger partial charge in [-0.15, -0.1) is 11.6 Å². The first kappa shape index (κ1) is 14.9. The van der Waals surface area contributed by atoms with Gasteiger partial charge in [-0.05, 0) is 31.0 Å². The number of halogens is 2. The van der Waals surface area contributed by atoms with Crippen molar-refractivity contribution < 1.29 is 13.9 Å². The quantitative estimate of drug-likeness (QED) is 0.490. The Hall–Kier alpha value is -1.13. The molecule has 0 bridgehead atoms. The SMILES string of the molecule is CCOC(=N)C(OCCCl)c1cccc(F)c1C. The third-order valence-electron chi connectivity index (χ3n) is 2.49. The Kier molecular flexibility index (Phi) is 6.09. The lowest BCUT2D eigenvalue weighted by atomic mass is 10.0. The highest BCUT2D eigenvalue weighted by atomic mass is 35.5. The Morgan fingerprint density at radius 1 is 1.50 bits per heavy atom. The standard InChI is InChI=1S/C13H17ClFNO2/c1-3-17-13(16)12(18-8-7-14)10-5-4-6-11(15)9(10)2/h4-6,12,16H,3,7-8H2,1-2H3. The Balaban J connectivity index is 3.01. The van der Waals surface area contributed by atoms with Gasteiger partial charge in [-0.1, -0.05) is 12.1 Å². The van der Waals surface area contributed by atoms with Gasteiger partial charge in [-0.2, -0.15) is 0 Å². The molecule has 0 aliphatic carbocycles. The number of hydrogen-bond donors (Lipinski definition) is 1. The third-order valence-corrected chi connectivity index (χ3v) is 2.65. The van der Waals surface area contributed by atoms with E-state index < -0.39 is 6.10 Å². The van der Waals surface area contributed by atoms with Crippen molar-refractivity contribution in [2.75, 3.05) is 19.1 Å². The molecule has 0 radical (unpaired) electrons. The van der Waals surface area contributed by atoms with Gasteiger partial charge in [-0.3, -0.25) is 5.41 Å². The van der Waals surface area contributed by atoms with Crippen molar-refractivity contribution in [3.05, 3.63) is 35.1 Å². The van der Waals surface area contributed by atoms with Crippen molar-refractivity contribution in [2.24, 2.45) is 0 Å². The average Bonchev–Trinajstić information content (AvgIpc) is 2.35. The molecular weight excluding hydrogens is 257 g/mol. The molecule has 0 spiro atoms. The van der Waals surface area contributed by atoms with Gasteiger partial charge in [0.1, 0.15) is 5.82 Å². The fraction of sp³-hybridized carbons (Fsp3) is 0.462. The molecule has 100 valence electrons. The second kappa shape index (κ2) is 7.34. The van der Waals surface area contributed by atoms with Gasteiger partial charge >= 0.3 is 0 Å². The molecule has 18 heavy (non-hydrogen) atoms. The van der Waals surface area contributed by atoms with Crippen molar-refractivity contribution in [1.29, 1.82) is 5.41 Å². The van der Waals surface area contributed by atoms with E-state index in [1.54, 1.807) is 26.0 Å². The summed E-state index contributed by atoms with van der Waals surface area (Å²) in [6, 6.07) is 4.69. The molecule has 0 aromatic heterocycles. The van der Waals surface area contributed by atoms with Crippen LogP contribution in [-0.2, 0) is 9.47 Å². The summed E-state index contributed by atoms with van der Waals surface area (Å²) in [4.78, 5) is 0. The van der Waals surface area contributed by atoms with Crippen LogP contribution in [0, 0.1) is 18.2 Å². The molecule has 0 aliphatic heterocycles. The highest BCUT2D eigenvalue weighted by molar-refractivity contribution is 6.17. The summed E-state index contributed by atoms with van der Waals surface area (Å²) in [5.74, 6) is -0.0443. The molecule has 0 saturated carbocycles. The molecule has 1 N–H and O–H groups in total. The molecule has 5 heteroatoms. The zero-order chi connectivity index (χ0) is 13.5. The summed E-state index contributed by atoms with van der Waals surface area (Å²) < 4.78 is 24.1. The van der Waals surface area contributed by atoms with Crippen LogP contribution >= 0.6 is 11.6 Å². The van der Waals surface area contributed by atoms with E-state index >= 15 is 0 Å². The summed E-state index contributed by atoms with van der Waals surface area (Å²) in [6.45, 7) is 4.08. The lowest BCUT2D eigenvalue weighted by Gasteiger charge is -2.20. The number of alkyl halides is 1. The minimum absolute atomic E-state index is 0.0312. The Morgan fingerprint density at radius 3 is 2.83 bits per heavy atom. The minimum atomic E-state index is -0.709. The largest absolute Gasteiger partial charge is 0.479 e. The van der Waals surface area contributed by atoms with Crippen LogP contribution in [-0.4, -0.2) is 25.0 Å². The van der Waals surface area contributed by atoms with E-state index in [4.69, 9.17) is 26.5 Å². The van der Waals surface area contributed by atoms with Crippen LogP contribution < -0.4 is 0 Å². The van der Waals surface area contributed by atoms with Gasteiger partial charge in [0.2, 0.25) is 5.90 Å². The fourth-order valence-corrected chi connectivity index (χ4v) is 1.70. The number of hydrogen-bond acceptors (Lipinski definition) is 3. The van der Waals surface area contributed by atoms with E-state index in [2.05, 4.69) is 0 Å². The van der Waals surface area contributed by atoms with E-state index in [-0.39, 0.29) is 18.3 Å². The summed E-state index contributed by atoms with van der Waals surface area (Å²) >= 11 is 5.58. The lowest BCUT2D eigenvalue weighted by molar-refractivity contribution is 0.0883. The lowest BCUT2D eigenvalue weighted by Crippen LogP contribution is -2.20. The van der Waals surface area contributed by atoms with Crippen LogP contribution in [0.5, 0.6) is 0 Å². The minimum Gasteiger partial charge on any atom is -0.479 e. The molecule has 1 aromatic carbocycles. The Bertz CT molecular complexity index is 412. The third kappa shape index (κ3) is 3.68. The highest BCUT2D eigenvalue weighted by Gasteiger charge is 2.22. The van der Waals surface area contributed by atoms with Crippen LogP contribution in [0.2, 0.25) is 0 Å². The molecule has 3 nitrogen and oxygen atoms in total. The molecule has 1 rings (SSSR count). The van der Waals surface area contributed by atoms with Crippen molar-refractivity contribution >= 4 is 17.5 Å².